The molecule has 0 spiro atoms. The van der Waals surface area contributed by atoms with Crippen LogP contribution in [-0.4, -0.2) is 90.4 Å². The Morgan fingerprint density at radius 1 is 1.12 bits per heavy atom. The quantitative estimate of drug-likeness (QED) is 0.0585. The molecule has 282 valence electrons. The van der Waals surface area contributed by atoms with E-state index >= 15 is 0 Å². The maximum atomic E-state index is 11.7. The van der Waals surface area contributed by atoms with E-state index in [2.05, 4.69) is 35.0 Å². The molecule has 6 rings (SSSR count). The number of nitrogens with one attached hydrogen (secondary N) is 1. The van der Waals surface area contributed by atoms with Crippen LogP contribution < -0.4 is 14.8 Å². The highest BCUT2D eigenvalue weighted by atomic mass is 32.2. The summed E-state index contributed by atoms with van der Waals surface area (Å²) in [6.07, 6.45) is 9.88. The number of benzene rings is 2. The van der Waals surface area contributed by atoms with Gasteiger partial charge in [0, 0.05) is 68.3 Å². The van der Waals surface area contributed by atoms with Gasteiger partial charge in [-0.2, -0.15) is 0 Å². The number of fused-ring (bicyclic) bond motifs is 2. The van der Waals surface area contributed by atoms with E-state index in [-0.39, 0.29) is 48.0 Å². The van der Waals surface area contributed by atoms with Crippen LogP contribution in [0.2, 0.25) is 0 Å². The van der Waals surface area contributed by atoms with Gasteiger partial charge in [0.15, 0.2) is 0 Å². The lowest BCUT2D eigenvalue weighted by molar-refractivity contribution is -0.223. The number of carbonyl (C=O) groups excluding carboxylic acids is 1. The molecule has 0 bridgehead atoms. The number of amides is 1. The van der Waals surface area contributed by atoms with Crippen LogP contribution in [-0.2, 0) is 14.4 Å². The molecule has 6 atom stereocenters. The Kier molecular flexibility index (Phi) is 13.4. The summed E-state index contributed by atoms with van der Waals surface area (Å²) < 4.78 is 20.6. The number of aliphatic hydroxyl groups excluding tert-OH is 2. The lowest BCUT2D eigenvalue weighted by Gasteiger charge is -2.58. The predicted molar refractivity (Wildman–Crippen MR) is 205 cm³/mol. The Bertz CT molecular complexity index is 1580. The number of oxime groups is 1. The monoisotopic (exact) mass is 733 g/mol. The Morgan fingerprint density at radius 3 is 2.58 bits per heavy atom. The number of anilines is 1. The number of carbonyl (C=O) groups is 1. The zero-order valence-electron chi connectivity index (χ0n) is 30.6. The van der Waals surface area contributed by atoms with Crippen LogP contribution in [0.4, 0.5) is 5.69 Å². The van der Waals surface area contributed by atoms with Crippen molar-refractivity contribution in [2.75, 3.05) is 58.0 Å². The maximum Gasteiger partial charge on any atom is 0.231 e. The Morgan fingerprint density at radius 2 is 1.88 bits per heavy atom. The minimum absolute atomic E-state index is 0.000476. The average molecular weight is 734 g/mol. The molecule has 2 aliphatic carbocycles. The third-order valence-electron chi connectivity index (χ3n) is 10.6. The summed E-state index contributed by atoms with van der Waals surface area (Å²) in [7, 11) is 0. The molecule has 2 aromatic carbocycles. The van der Waals surface area contributed by atoms with Crippen molar-refractivity contribution >= 4 is 29.1 Å². The first kappa shape index (κ1) is 38.4. The van der Waals surface area contributed by atoms with Gasteiger partial charge in [-0.3, -0.25) is 9.69 Å². The summed E-state index contributed by atoms with van der Waals surface area (Å²) >= 11 is 1.69. The molecule has 3 N–H and O–H groups in total. The van der Waals surface area contributed by atoms with Crippen molar-refractivity contribution in [2.24, 2.45) is 22.9 Å². The fourth-order valence-corrected chi connectivity index (χ4v) is 9.52. The highest BCUT2D eigenvalue weighted by Gasteiger charge is 2.64. The van der Waals surface area contributed by atoms with Crippen molar-refractivity contribution in [2.45, 2.75) is 80.6 Å². The number of hydrogen-bond donors (Lipinski definition) is 3. The first-order valence-electron chi connectivity index (χ1n) is 19.0. The van der Waals surface area contributed by atoms with Crippen molar-refractivity contribution in [3.05, 3.63) is 72.3 Å². The van der Waals surface area contributed by atoms with Crippen molar-refractivity contribution in [3.63, 3.8) is 0 Å². The van der Waals surface area contributed by atoms with Gasteiger partial charge < -0.3 is 34.6 Å². The van der Waals surface area contributed by atoms with Gasteiger partial charge in [0.2, 0.25) is 11.7 Å². The summed E-state index contributed by atoms with van der Waals surface area (Å²) in [5.41, 5.74) is 3.86. The zero-order chi connectivity index (χ0) is 36.5. The SMILES string of the molecule is C=CCO[C@@]12Oc3ccc(OCCN4CC4)cc3[C@H]3[C@H](CCCCO)[C@@H](CCCCO)C=C(C(=NOCC)C[C@@H]1Sc1ccc(NC(C)=O)cc1)[C@H]32. The van der Waals surface area contributed by atoms with E-state index in [9.17, 15) is 15.0 Å². The number of unbranched alkanes of at least 4 members (excludes halogenated alkanes) is 2. The molecule has 0 unspecified atom stereocenters. The smallest absolute Gasteiger partial charge is 0.231 e. The molecule has 11 heteroatoms. The highest BCUT2D eigenvalue weighted by molar-refractivity contribution is 8.00. The Balaban J connectivity index is 1.49. The second-order valence-corrected chi connectivity index (χ2v) is 15.5. The molecule has 4 aliphatic rings. The van der Waals surface area contributed by atoms with E-state index < -0.39 is 5.79 Å². The molecule has 2 aliphatic heterocycles. The van der Waals surface area contributed by atoms with Gasteiger partial charge in [0.25, 0.3) is 0 Å². The van der Waals surface area contributed by atoms with Crippen molar-refractivity contribution < 1.29 is 34.1 Å². The van der Waals surface area contributed by atoms with Crippen LogP contribution in [0.3, 0.4) is 0 Å². The summed E-state index contributed by atoms with van der Waals surface area (Å²) in [6, 6.07) is 14.1. The van der Waals surface area contributed by atoms with E-state index in [1.54, 1.807) is 17.8 Å². The van der Waals surface area contributed by atoms with Crippen LogP contribution >= 0.6 is 11.8 Å². The average Bonchev–Trinajstić information content (AvgIpc) is 3.97. The van der Waals surface area contributed by atoms with E-state index in [4.69, 9.17) is 24.2 Å². The van der Waals surface area contributed by atoms with Gasteiger partial charge in [0.05, 0.1) is 23.5 Å². The standard InChI is InChI=1S/C41H55N3O7S/c1-4-23-49-41-38(52-32-15-12-30(13-16-32)42-28(3)47)27-36(43-50-5-2)34-25-29(10-6-8-21-45)33(11-7-9-22-46)39(40(34)41)35-26-31(14-17-37(35)51-41)48-24-20-44-18-19-44/h4,12-17,25-26,29,33,38-40,45-46H,1,5-11,18-24,27H2,2-3H3,(H,42,47)/t29-,33+,38-,39+,40+,41+/m0/s1. The molecule has 2 heterocycles. The Labute approximate surface area is 312 Å². The van der Waals surface area contributed by atoms with Crippen LogP contribution in [0.1, 0.15) is 70.3 Å². The Hall–Kier alpha value is -3.35. The zero-order valence-corrected chi connectivity index (χ0v) is 31.5. The van der Waals surface area contributed by atoms with E-state index in [0.717, 1.165) is 97.1 Å². The lowest BCUT2D eigenvalue weighted by atomic mass is 9.56. The number of ether oxygens (including phenoxy) is 3. The predicted octanol–water partition coefficient (Wildman–Crippen LogP) is 6.79. The van der Waals surface area contributed by atoms with Crippen LogP contribution in [0.25, 0.3) is 0 Å². The van der Waals surface area contributed by atoms with Gasteiger partial charge in [-0.15, -0.1) is 18.3 Å². The molecule has 2 fully saturated rings. The topological polar surface area (TPSA) is 122 Å². The van der Waals surface area contributed by atoms with Gasteiger partial charge in [-0.05, 0) is 92.5 Å². The fourth-order valence-electron chi connectivity index (χ4n) is 8.23. The molecule has 0 aromatic heterocycles. The first-order valence-corrected chi connectivity index (χ1v) is 19.9. The molecule has 52 heavy (non-hydrogen) atoms. The molecule has 0 radical (unpaired) electrons. The number of nitrogens with zero attached hydrogens (tertiary/aromatic N) is 2. The molecule has 10 nitrogen and oxygen atoms in total. The van der Waals surface area contributed by atoms with Crippen LogP contribution in [0, 0.1) is 17.8 Å². The van der Waals surface area contributed by atoms with Gasteiger partial charge >= 0.3 is 0 Å². The summed E-state index contributed by atoms with van der Waals surface area (Å²) in [4.78, 5) is 20.9. The van der Waals surface area contributed by atoms with Crippen molar-refractivity contribution in [1.82, 2.24) is 4.90 Å². The fraction of sp³-hybridized carbons (Fsp3) is 0.561. The number of hydrogen-bond acceptors (Lipinski definition) is 10. The number of thioether (sulfide) groups is 1. The van der Waals surface area contributed by atoms with Gasteiger partial charge in [0.1, 0.15) is 24.7 Å². The third-order valence-corrected chi connectivity index (χ3v) is 11.9. The van der Waals surface area contributed by atoms with E-state index in [1.807, 2.05) is 37.3 Å². The van der Waals surface area contributed by atoms with Crippen LogP contribution in [0.5, 0.6) is 11.5 Å². The largest absolute Gasteiger partial charge is 0.492 e. The molecular weight excluding hydrogens is 679 g/mol. The van der Waals surface area contributed by atoms with E-state index in [1.165, 1.54) is 6.92 Å². The normalized spacial score (nSPS) is 26.8. The van der Waals surface area contributed by atoms with Crippen LogP contribution in [0.15, 0.2) is 76.8 Å². The third kappa shape index (κ3) is 8.88. The lowest BCUT2D eigenvalue weighted by Crippen LogP contribution is -2.64. The summed E-state index contributed by atoms with van der Waals surface area (Å²) in [6.45, 7) is 12.3. The molecule has 1 amide bonds. The molecule has 1 saturated carbocycles. The molecule has 2 aromatic rings. The first-order chi connectivity index (χ1) is 25.4. The minimum atomic E-state index is -1.07. The second-order valence-electron chi connectivity index (χ2n) is 14.2. The van der Waals surface area contributed by atoms with Gasteiger partial charge in [-0.25, -0.2) is 0 Å². The van der Waals surface area contributed by atoms with E-state index in [0.29, 0.717) is 26.2 Å². The summed E-state index contributed by atoms with van der Waals surface area (Å²) in [5, 5.41) is 27.0. The highest BCUT2D eigenvalue weighted by Crippen LogP contribution is 2.63. The number of allylic oxidation sites excluding steroid dienone is 1. The second kappa shape index (κ2) is 18.1. The molecule has 1 saturated heterocycles. The van der Waals surface area contributed by atoms with Gasteiger partial charge in [-0.1, -0.05) is 30.1 Å². The summed E-state index contributed by atoms with van der Waals surface area (Å²) in [5.74, 6) is 0.652. The minimum Gasteiger partial charge on any atom is -0.492 e. The maximum absolute atomic E-state index is 11.7. The number of aliphatic hydroxyl groups is 2. The van der Waals surface area contributed by atoms with Crippen molar-refractivity contribution in [1.29, 1.82) is 0 Å². The molecular formula is C41H55N3O7S. The number of rotatable bonds is 20. The van der Waals surface area contributed by atoms with Crippen molar-refractivity contribution in [3.8, 4) is 11.5 Å².